The zero-order valence-corrected chi connectivity index (χ0v) is 17.9. The van der Waals surface area contributed by atoms with Crippen LogP contribution in [-0.2, 0) is 9.47 Å². The highest BCUT2D eigenvalue weighted by atomic mass is 16.8. The van der Waals surface area contributed by atoms with Crippen LogP contribution < -0.4 is 0 Å². The van der Waals surface area contributed by atoms with Crippen molar-refractivity contribution in [3.63, 3.8) is 0 Å². The number of ether oxygens (including phenoxy) is 2. The quantitative estimate of drug-likeness (QED) is 0.509. The first-order chi connectivity index (χ1) is 14.0. The number of benzene rings is 2. The number of fused-ring (bicyclic) bond motifs is 1. The van der Waals surface area contributed by atoms with Crippen LogP contribution in [0.2, 0.25) is 0 Å². The third-order valence-electron chi connectivity index (χ3n) is 7.77. The molecule has 3 aliphatic rings. The summed E-state index contributed by atoms with van der Waals surface area (Å²) in [4.78, 5) is 0. The normalized spacial score (nSPS) is 32.6. The van der Waals surface area contributed by atoms with Gasteiger partial charge in [0.05, 0.1) is 0 Å². The van der Waals surface area contributed by atoms with Crippen LogP contribution in [-0.4, -0.2) is 5.79 Å². The van der Waals surface area contributed by atoms with Gasteiger partial charge in [0.25, 0.3) is 0 Å². The van der Waals surface area contributed by atoms with Crippen molar-refractivity contribution in [3.8, 4) is 0 Å². The fourth-order valence-electron chi connectivity index (χ4n) is 6.18. The molecule has 2 aromatic carbocycles. The molecule has 2 aliphatic carbocycles. The van der Waals surface area contributed by atoms with Gasteiger partial charge in [0, 0.05) is 11.8 Å². The van der Waals surface area contributed by atoms with E-state index in [-0.39, 0.29) is 23.0 Å². The lowest BCUT2D eigenvalue weighted by molar-refractivity contribution is -0.285. The molecule has 0 unspecified atom stereocenters. The van der Waals surface area contributed by atoms with E-state index in [0.717, 1.165) is 25.7 Å². The van der Waals surface area contributed by atoms with Gasteiger partial charge in [0.2, 0.25) is 0 Å². The Kier molecular flexibility index (Phi) is 4.49. The Labute approximate surface area is 174 Å². The molecule has 2 fully saturated rings. The van der Waals surface area contributed by atoms with Crippen molar-refractivity contribution in [2.75, 3.05) is 0 Å². The minimum absolute atomic E-state index is 0.0705. The first-order valence-corrected chi connectivity index (χ1v) is 11.1. The lowest BCUT2D eigenvalue weighted by atomic mass is 9.54. The van der Waals surface area contributed by atoms with Gasteiger partial charge in [-0.1, -0.05) is 86.2 Å². The maximum atomic E-state index is 7.10. The second-order valence-electron chi connectivity index (χ2n) is 9.85. The second kappa shape index (κ2) is 6.82. The summed E-state index contributed by atoms with van der Waals surface area (Å²) in [7, 11) is 0. The highest BCUT2D eigenvalue weighted by Gasteiger charge is 2.67. The standard InChI is InChI=1S/C27H32O2/c1-20-15-18-26(19-20)25(2,3)16-10-17-27(26)28-23(21-11-6-4-7-12-21)24(29-27)22-13-8-5-9-14-22/h4-9,11-14,19,23-24H,10,15-18H2,1-3H3/t23-,24-,26-/m1/s1. The number of hydrogen-bond donors (Lipinski definition) is 0. The minimum Gasteiger partial charge on any atom is -0.338 e. The molecule has 1 saturated carbocycles. The van der Waals surface area contributed by atoms with Gasteiger partial charge in [0.1, 0.15) is 12.2 Å². The largest absolute Gasteiger partial charge is 0.338 e. The maximum absolute atomic E-state index is 7.10. The highest BCUT2D eigenvalue weighted by Crippen LogP contribution is 2.68. The van der Waals surface area contributed by atoms with Crippen molar-refractivity contribution >= 4 is 0 Å². The molecule has 1 aliphatic heterocycles. The van der Waals surface area contributed by atoms with E-state index in [4.69, 9.17) is 9.47 Å². The van der Waals surface area contributed by atoms with Crippen molar-refractivity contribution in [1.29, 1.82) is 0 Å². The van der Waals surface area contributed by atoms with Gasteiger partial charge in [-0.25, -0.2) is 0 Å². The van der Waals surface area contributed by atoms with E-state index < -0.39 is 5.79 Å². The molecule has 0 amide bonds. The number of rotatable bonds is 2. The van der Waals surface area contributed by atoms with E-state index in [1.807, 2.05) is 0 Å². The molecule has 0 radical (unpaired) electrons. The zero-order chi connectivity index (χ0) is 20.1. The molecule has 29 heavy (non-hydrogen) atoms. The molecule has 2 aromatic rings. The Balaban J connectivity index is 1.64. The van der Waals surface area contributed by atoms with Crippen LogP contribution in [0.4, 0.5) is 0 Å². The summed E-state index contributed by atoms with van der Waals surface area (Å²) in [5.74, 6) is -0.562. The average Bonchev–Trinajstić information content (AvgIpc) is 3.32. The fourth-order valence-corrected chi connectivity index (χ4v) is 6.18. The summed E-state index contributed by atoms with van der Waals surface area (Å²) in [5.41, 5.74) is 3.96. The smallest absolute Gasteiger partial charge is 0.179 e. The summed E-state index contributed by atoms with van der Waals surface area (Å²) in [6, 6.07) is 21.3. The molecule has 2 spiro atoms. The fraction of sp³-hybridized carbons (Fsp3) is 0.481. The summed E-state index contributed by atoms with van der Waals surface area (Å²) in [6.45, 7) is 7.11. The first kappa shape index (κ1) is 19.1. The summed E-state index contributed by atoms with van der Waals surface area (Å²) >= 11 is 0. The summed E-state index contributed by atoms with van der Waals surface area (Å²) in [6.07, 6.45) is 7.94. The molecule has 1 saturated heterocycles. The van der Waals surface area contributed by atoms with Crippen molar-refractivity contribution in [2.24, 2.45) is 10.8 Å². The van der Waals surface area contributed by atoms with Crippen LogP contribution in [0.25, 0.3) is 0 Å². The SMILES string of the molecule is CC1=C[C@]2(CC1)C(C)(C)CCCC21O[C@H](c2ccccc2)[C@@H](c2ccccc2)O1. The average molecular weight is 389 g/mol. The first-order valence-electron chi connectivity index (χ1n) is 11.1. The van der Waals surface area contributed by atoms with Gasteiger partial charge >= 0.3 is 0 Å². The Morgan fingerprint density at radius 2 is 1.31 bits per heavy atom. The van der Waals surface area contributed by atoms with Gasteiger partial charge in [-0.05, 0) is 49.1 Å². The Hall–Kier alpha value is -1.90. The molecule has 2 nitrogen and oxygen atoms in total. The van der Waals surface area contributed by atoms with Crippen molar-refractivity contribution in [2.45, 2.75) is 70.9 Å². The Bertz CT molecular complexity index is 851. The minimum atomic E-state index is -0.562. The molecule has 0 aromatic heterocycles. The van der Waals surface area contributed by atoms with Crippen LogP contribution in [0.15, 0.2) is 72.3 Å². The maximum Gasteiger partial charge on any atom is 0.179 e. The second-order valence-corrected chi connectivity index (χ2v) is 9.85. The van der Waals surface area contributed by atoms with E-state index in [0.29, 0.717) is 0 Å². The molecule has 0 N–H and O–H groups in total. The topological polar surface area (TPSA) is 18.5 Å². The predicted octanol–water partition coefficient (Wildman–Crippen LogP) is 7.15. The molecule has 1 heterocycles. The van der Waals surface area contributed by atoms with Crippen LogP contribution in [0, 0.1) is 10.8 Å². The molecule has 0 bridgehead atoms. The summed E-state index contributed by atoms with van der Waals surface area (Å²) < 4.78 is 14.2. The number of allylic oxidation sites excluding steroid dienone is 1. The molecule has 3 atom stereocenters. The molecule has 152 valence electrons. The van der Waals surface area contributed by atoms with E-state index in [2.05, 4.69) is 87.5 Å². The predicted molar refractivity (Wildman–Crippen MR) is 116 cm³/mol. The third kappa shape index (κ3) is 2.84. The molecule has 2 heteroatoms. The van der Waals surface area contributed by atoms with Crippen molar-refractivity contribution in [1.82, 2.24) is 0 Å². The van der Waals surface area contributed by atoms with E-state index in [1.54, 1.807) is 0 Å². The van der Waals surface area contributed by atoms with Gasteiger partial charge in [0.15, 0.2) is 5.79 Å². The van der Waals surface area contributed by atoms with Crippen molar-refractivity contribution in [3.05, 3.63) is 83.4 Å². The Morgan fingerprint density at radius 1 is 0.759 bits per heavy atom. The third-order valence-corrected chi connectivity index (χ3v) is 7.77. The van der Waals surface area contributed by atoms with E-state index in [9.17, 15) is 0 Å². The van der Waals surface area contributed by atoms with Crippen LogP contribution in [0.1, 0.15) is 76.2 Å². The van der Waals surface area contributed by atoms with Gasteiger partial charge in [-0.3, -0.25) is 0 Å². The molecular formula is C27H32O2. The van der Waals surface area contributed by atoms with E-state index in [1.165, 1.54) is 23.1 Å². The molecular weight excluding hydrogens is 356 g/mol. The highest BCUT2D eigenvalue weighted by molar-refractivity contribution is 5.31. The number of hydrogen-bond acceptors (Lipinski definition) is 2. The Morgan fingerprint density at radius 3 is 1.79 bits per heavy atom. The summed E-state index contributed by atoms with van der Waals surface area (Å²) in [5, 5.41) is 0. The van der Waals surface area contributed by atoms with Crippen LogP contribution in [0.5, 0.6) is 0 Å². The van der Waals surface area contributed by atoms with E-state index >= 15 is 0 Å². The van der Waals surface area contributed by atoms with Crippen molar-refractivity contribution < 1.29 is 9.47 Å². The zero-order valence-electron chi connectivity index (χ0n) is 17.9. The molecule has 5 rings (SSSR count). The van der Waals surface area contributed by atoms with Crippen LogP contribution >= 0.6 is 0 Å². The monoisotopic (exact) mass is 388 g/mol. The van der Waals surface area contributed by atoms with Gasteiger partial charge in [-0.2, -0.15) is 0 Å². The van der Waals surface area contributed by atoms with Gasteiger partial charge < -0.3 is 9.47 Å². The lowest BCUT2D eigenvalue weighted by Crippen LogP contribution is -2.58. The van der Waals surface area contributed by atoms with Gasteiger partial charge in [-0.15, -0.1) is 0 Å². The lowest BCUT2D eigenvalue weighted by Gasteiger charge is -2.56. The van der Waals surface area contributed by atoms with Crippen LogP contribution in [0.3, 0.4) is 0 Å².